The van der Waals surface area contributed by atoms with E-state index >= 15 is 0 Å². The van der Waals surface area contributed by atoms with Crippen molar-refractivity contribution in [3.63, 3.8) is 0 Å². The van der Waals surface area contributed by atoms with Gasteiger partial charge in [0.2, 0.25) is 5.95 Å². The first kappa shape index (κ1) is 12.7. The van der Waals surface area contributed by atoms with Crippen LogP contribution in [-0.4, -0.2) is 40.8 Å². The highest BCUT2D eigenvalue weighted by molar-refractivity contribution is 5.53. The molecule has 1 aliphatic heterocycles. The first-order valence-electron chi connectivity index (χ1n) is 7.06. The fourth-order valence-corrected chi connectivity index (χ4v) is 3.05. The molecule has 2 heterocycles. The molecule has 1 aliphatic carbocycles. The van der Waals surface area contributed by atoms with Crippen LogP contribution in [0.2, 0.25) is 0 Å². The minimum absolute atomic E-state index is 0.238. The average Bonchev–Trinajstić information content (AvgIpc) is 2.93. The van der Waals surface area contributed by atoms with Gasteiger partial charge in [0.15, 0.2) is 0 Å². The molecule has 0 saturated carbocycles. The summed E-state index contributed by atoms with van der Waals surface area (Å²) < 4.78 is 0. The number of aliphatic hydroxyl groups is 1. The lowest BCUT2D eigenvalue weighted by atomic mass is 9.95. The van der Waals surface area contributed by atoms with E-state index in [-0.39, 0.29) is 5.92 Å². The number of hydrogen-bond acceptors (Lipinski definition) is 5. The summed E-state index contributed by atoms with van der Waals surface area (Å²) in [5.74, 6) is 1.95. The van der Waals surface area contributed by atoms with Crippen molar-refractivity contribution in [3.8, 4) is 0 Å². The first-order chi connectivity index (χ1) is 9.01. The van der Waals surface area contributed by atoms with Crippen LogP contribution in [0.1, 0.15) is 31.5 Å². The fourth-order valence-electron chi connectivity index (χ4n) is 3.05. The van der Waals surface area contributed by atoms with Gasteiger partial charge in [-0.2, -0.15) is 4.98 Å². The Kier molecular flexibility index (Phi) is 2.89. The van der Waals surface area contributed by atoms with Crippen molar-refractivity contribution >= 4 is 11.8 Å². The van der Waals surface area contributed by atoms with Gasteiger partial charge >= 0.3 is 0 Å². The number of nitrogens with zero attached hydrogens (tertiary/aromatic N) is 3. The van der Waals surface area contributed by atoms with Crippen LogP contribution < -0.4 is 10.2 Å². The highest BCUT2D eigenvalue weighted by Gasteiger charge is 2.40. The summed E-state index contributed by atoms with van der Waals surface area (Å²) in [6, 6.07) is 0. The maximum atomic E-state index is 10.3. The third-order valence-corrected chi connectivity index (χ3v) is 4.51. The lowest BCUT2D eigenvalue weighted by Crippen LogP contribution is -2.33. The summed E-state index contributed by atoms with van der Waals surface area (Å²) in [5.41, 5.74) is 1.79. The summed E-state index contributed by atoms with van der Waals surface area (Å²) >= 11 is 0. The first-order valence-corrected chi connectivity index (χ1v) is 7.06. The molecule has 3 rings (SSSR count). The zero-order valence-electron chi connectivity index (χ0n) is 11.9. The van der Waals surface area contributed by atoms with Crippen LogP contribution in [0, 0.1) is 5.92 Å². The van der Waals surface area contributed by atoms with Gasteiger partial charge in [-0.15, -0.1) is 0 Å². The monoisotopic (exact) mass is 262 g/mol. The standard InChI is InChI=1S/C14H22N4O/c1-9-7-18(8-14(9,2)19)13-16-11-6-4-5-10(11)12(15-3)17-13/h9,19H,4-8H2,1-3H3,(H,15,16,17)/t9-,14+/m1/s1. The smallest absolute Gasteiger partial charge is 0.227 e. The Morgan fingerprint density at radius 3 is 2.79 bits per heavy atom. The Morgan fingerprint density at radius 2 is 2.16 bits per heavy atom. The Bertz CT molecular complexity index is 500. The molecule has 1 saturated heterocycles. The molecule has 104 valence electrons. The largest absolute Gasteiger partial charge is 0.388 e. The normalized spacial score (nSPS) is 29.7. The van der Waals surface area contributed by atoms with E-state index in [1.54, 1.807) is 0 Å². The lowest BCUT2D eigenvalue weighted by Gasteiger charge is -2.21. The van der Waals surface area contributed by atoms with Crippen molar-refractivity contribution in [2.45, 2.75) is 38.7 Å². The van der Waals surface area contributed by atoms with Crippen LogP contribution in [0.4, 0.5) is 11.8 Å². The number of hydrogen-bond donors (Lipinski definition) is 2. The molecule has 2 atom stereocenters. The number of aryl methyl sites for hydroxylation is 1. The highest BCUT2D eigenvalue weighted by Crippen LogP contribution is 2.32. The van der Waals surface area contributed by atoms with Crippen LogP contribution in [0.5, 0.6) is 0 Å². The SMILES string of the molecule is CNc1nc(N2C[C@@H](C)[C@@](C)(O)C2)nc2c1CCC2. The minimum atomic E-state index is -0.651. The number of anilines is 2. The Balaban J connectivity index is 1.94. The van der Waals surface area contributed by atoms with Gasteiger partial charge in [0.25, 0.3) is 0 Å². The Morgan fingerprint density at radius 1 is 1.37 bits per heavy atom. The molecule has 1 fully saturated rings. The summed E-state index contributed by atoms with van der Waals surface area (Å²) in [7, 11) is 1.91. The second kappa shape index (κ2) is 4.34. The molecule has 0 aromatic carbocycles. The quantitative estimate of drug-likeness (QED) is 0.839. The van der Waals surface area contributed by atoms with E-state index in [0.29, 0.717) is 6.54 Å². The predicted octanol–water partition coefficient (Wildman–Crippen LogP) is 1.21. The van der Waals surface area contributed by atoms with Crippen molar-refractivity contribution in [2.75, 3.05) is 30.4 Å². The molecule has 0 radical (unpaired) electrons. The third-order valence-electron chi connectivity index (χ3n) is 4.51. The molecule has 2 N–H and O–H groups in total. The molecule has 0 spiro atoms. The van der Waals surface area contributed by atoms with Gasteiger partial charge in [-0.05, 0) is 26.2 Å². The third kappa shape index (κ3) is 2.06. The number of fused-ring (bicyclic) bond motifs is 1. The van der Waals surface area contributed by atoms with Gasteiger partial charge in [0.05, 0.1) is 11.3 Å². The van der Waals surface area contributed by atoms with E-state index in [0.717, 1.165) is 37.6 Å². The van der Waals surface area contributed by atoms with Crippen molar-refractivity contribution in [2.24, 2.45) is 5.92 Å². The van der Waals surface area contributed by atoms with E-state index in [2.05, 4.69) is 22.1 Å². The number of aromatic nitrogens is 2. The zero-order chi connectivity index (χ0) is 13.6. The van der Waals surface area contributed by atoms with Crippen LogP contribution in [-0.2, 0) is 12.8 Å². The van der Waals surface area contributed by atoms with Crippen LogP contribution in [0.3, 0.4) is 0 Å². The Hall–Kier alpha value is -1.36. The summed E-state index contributed by atoms with van der Waals surface area (Å²) in [5, 5.41) is 13.5. The second-order valence-corrected chi connectivity index (χ2v) is 6.04. The lowest BCUT2D eigenvalue weighted by molar-refractivity contribution is 0.0443. The van der Waals surface area contributed by atoms with Gasteiger partial charge in [-0.25, -0.2) is 4.98 Å². The number of β-amino-alcohol motifs (C(OH)–C–C–N with tert-alkyl or cyclic N) is 1. The van der Waals surface area contributed by atoms with Crippen LogP contribution in [0.15, 0.2) is 0 Å². The molecule has 1 aromatic heterocycles. The summed E-state index contributed by atoms with van der Waals surface area (Å²) in [4.78, 5) is 11.4. The van der Waals surface area contributed by atoms with E-state index in [9.17, 15) is 5.11 Å². The summed E-state index contributed by atoms with van der Waals surface area (Å²) in [6.07, 6.45) is 3.27. The molecule has 0 bridgehead atoms. The van der Waals surface area contributed by atoms with Crippen molar-refractivity contribution in [1.29, 1.82) is 0 Å². The molecular formula is C14H22N4O. The fraction of sp³-hybridized carbons (Fsp3) is 0.714. The second-order valence-electron chi connectivity index (χ2n) is 6.04. The molecule has 0 unspecified atom stereocenters. The maximum Gasteiger partial charge on any atom is 0.227 e. The van der Waals surface area contributed by atoms with Gasteiger partial charge in [0, 0.05) is 31.6 Å². The van der Waals surface area contributed by atoms with Gasteiger partial charge < -0.3 is 15.3 Å². The molecule has 1 aromatic rings. The van der Waals surface area contributed by atoms with E-state index in [1.807, 2.05) is 14.0 Å². The molecular weight excluding hydrogens is 240 g/mol. The molecule has 19 heavy (non-hydrogen) atoms. The Labute approximate surface area is 114 Å². The zero-order valence-corrected chi connectivity index (χ0v) is 11.9. The number of nitrogens with one attached hydrogen (secondary N) is 1. The van der Waals surface area contributed by atoms with E-state index in [4.69, 9.17) is 4.98 Å². The maximum absolute atomic E-state index is 10.3. The van der Waals surface area contributed by atoms with Crippen molar-refractivity contribution < 1.29 is 5.11 Å². The van der Waals surface area contributed by atoms with Gasteiger partial charge in [-0.3, -0.25) is 0 Å². The highest BCUT2D eigenvalue weighted by atomic mass is 16.3. The average molecular weight is 262 g/mol. The van der Waals surface area contributed by atoms with Crippen LogP contribution in [0.25, 0.3) is 0 Å². The van der Waals surface area contributed by atoms with Gasteiger partial charge in [-0.1, -0.05) is 6.92 Å². The molecule has 2 aliphatic rings. The van der Waals surface area contributed by atoms with Crippen molar-refractivity contribution in [1.82, 2.24) is 9.97 Å². The molecule has 5 heteroatoms. The van der Waals surface area contributed by atoms with Crippen molar-refractivity contribution in [3.05, 3.63) is 11.3 Å². The molecule has 5 nitrogen and oxygen atoms in total. The summed E-state index contributed by atoms with van der Waals surface area (Å²) in [6.45, 7) is 5.39. The number of rotatable bonds is 2. The van der Waals surface area contributed by atoms with E-state index in [1.165, 1.54) is 11.3 Å². The topological polar surface area (TPSA) is 61.3 Å². The predicted molar refractivity (Wildman–Crippen MR) is 75.6 cm³/mol. The van der Waals surface area contributed by atoms with Gasteiger partial charge in [0.1, 0.15) is 5.82 Å². The minimum Gasteiger partial charge on any atom is -0.388 e. The molecule has 0 amide bonds. The van der Waals surface area contributed by atoms with E-state index < -0.39 is 5.60 Å². The van der Waals surface area contributed by atoms with Crippen LogP contribution >= 0.6 is 0 Å².